The molecule has 0 saturated heterocycles. The van der Waals surface area contributed by atoms with Crippen LogP contribution in [0.5, 0.6) is 5.75 Å². The molecular formula is C14H17NO5S. The molecule has 6 nitrogen and oxygen atoms in total. The number of aliphatic carboxylic acids is 1. The van der Waals surface area contributed by atoms with Crippen molar-refractivity contribution in [2.45, 2.75) is 18.7 Å². The SMILES string of the molecule is COc1ccc(C(C)=O)cc1CSCC(NC=O)C(=O)O. The van der Waals surface area contributed by atoms with Crippen LogP contribution in [-0.2, 0) is 15.3 Å². The van der Waals surface area contributed by atoms with Gasteiger partial charge in [-0.05, 0) is 25.1 Å². The van der Waals surface area contributed by atoms with E-state index in [0.29, 0.717) is 23.5 Å². The van der Waals surface area contributed by atoms with Crippen molar-refractivity contribution in [3.63, 3.8) is 0 Å². The number of carbonyl (C=O) groups excluding carboxylic acids is 2. The third-order valence-corrected chi connectivity index (χ3v) is 3.88. The van der Waals surface area contributed by atoms with E-state index in [1.165, 1.54) is 25.8 Å². The molecule has 7 heteroatoms. The molecule has 0 aliphatic carbocycles. The van der Waals surface area contributed by atoms with Gasteiger partial charge in [-0.15, -0.1) is 0 Å². The van der Waals surface area contributed by atoms with Crippen molar-refractivity contribution in [3.8, 4) is 5.75 Å². The lowest BCUT2D eigenvalue weighted by Gasteiger charge is -2.12. The summed E-state index contributed by atoms with van der Waals surface area (Å²) in [5.41, 5.74) is 1.39. The van der Waals surface area contributed by atoms with Gasteiger partial charge in [0.25, 0.3) is 0 Å². The lowest BCUT2D eigenvalue weighted by molar-refractivity contribution is -0.139. The Kier molecular flexibility index (Phi) is 6.74. The number of carbonyl (C=O) groups is 3. The summed E-state index contributed by atoms with van der Waals surface area (Å²) in [6.45, 7) is 1.48. The van der Waals surface area contributed by atoms with Crippen molar-refractivity contribution in [1.82, 2.24) is 5.32 Å². The van der Waals surface area contributed by atoms with Crippen molar-refractivity contribution in [2.75, 3.05) is 12.9 Å². The lowest BCUT2D eigenvalue weighted by atomic mass is 10.1. The number of ketones is 1. The number of amides is 1. The quantitative estimate of drug-likeness (QED) is 0.528. The van der Waals surface area contributed by atoms with Crippen molar-refractivity contribution in [3.05, 3.63) is 29.3 Å². The van der Waals surface area contributed by atoms with E-state index in [2.05, 4.69) is 5.32 Å². The maximum atomic E-state index is 11.4. The minimum atomic E-state index is -1.08. The molecule has 0 saturated carbocycles. The highest BCUT2D eigenvalue weighted by molar-refractivity contribution is 7.98. The smallest absolute Gasteiger partial charge is 0.327 e. The summed E-state index contributed by atoms with van der Waals surface area (Å²) in [7, 11) is 1.53. The minimum absolute atomic E-state index is 0.0464. The second kappa shape index (κ2) is 8.31. The Morgan fingerprint density at radius 2 is 2.19 bits per heavy atom. The number of hydrogen-bond acceptors (Lipinski definition) is 5. The molecule has 0 aliphatic heterocycles. The summed E-state index contributed by atoms with van der Waals surface area (Å²) in [6, 6.07) is 4.19. The average Bonchev–Trinajstić information content (AvgIpc) is 2.45. The molecule has 1 aromatic carbocycles. The average molecular weight is 311 g/mol. The molecule has 2 N–H and O–H groups in total. The molecule has 1 aromatic rings. The summed E-state index contributed by atoms with van der Waals surface area (Å²) in [5, 5.41) is 11.2. The van der Waals surface area contributed by atoms with Crippen LogP contribution in [0.1, 0.15) is 22.8 Å². The van der Waals surface area contributed by atoms with Crippen LogP contribution in [0.3, 0.4) is 0 Å². The highest BCUT2D eigenvalue weighted by Crippen LogP contribution is 2.25. The first kappa shape index (κ1) is 17.0. The van der Waals surface area contributed by atoms with Crippen molar-refractivity contribution in [2.24, 2.45) is 0 Å². The molecular weight excluding hydrogens is 294 g/mol. The molecule has 0 spiro atoms. The van der Waals surface area contributed by atoms with Gasteiger partial charge >= 0.3 is 5.97 Å². The number of nitrogens with one attached hydrogen (secondary N) is 1. The molecule has 1 rings (SSSR count). The summed E-state index contributed by atoms with van der Waals surface area (Å²) in [6.07, 6.45) is 0.371. The molecule has 0 radical (unpaired) electrons. The Hall–Kier alpha value is -2.02. The van der Waals surface area contributed by atoms with Gasteiger partial charge in [-0.25, -0.2) is 4.79 Å². The monoisotopic (exact) mass is 311 g/mol. The predicted octanol–water partition coefficient (Wildman–Crippen LogP) is 1.33. The summed E-state index contributed by atoms with van der Waals surface area (Å²) >= 11 is 1.34. The van der Waals surface area contributed by atoms with Gasteiger partial charge in [0.15, 0.2) is 5.78 Å². The number of rotatable bonds is 9. The van der Waals surface area contributed by atoms with Crippen LogP contribution < -0.4 is 10.1 Å². The van der Waals surface area contributed by atoms with E-state index in [4.69, 9.17) is 9.84 Å². The molecule has 0 heterocycles. The van der Waals surface area contributed by atoms with Gasteiger partial charge in [-0.3, -0.25) is 9.59 Å². The zero-order valence-electron chi connectivity index (χ0n) is 11.8. The molecule has 0 aliphatic rings. The van der Waals surface area contributed by atoms with Crippen LogP contribution in [-0.4, -0.2) is 42.2 Å². The fraction of sp³-hybridized carbons (Fsp3) is 0.357. The van der Waals surface area contributed by atoms with Crippen LogP contribution >= 0.6 is 11.8 Å². The number of thioether (sulfide) groups is 1. The van der Waals surface area contributed by atoms with E-state index in [0.717, 1.165) is 5.56 Å². The summed E-state index contributed by atoms with van der Waals surface area (Å²) in [5.74, 6) is 0.215. The zero-order valence-corrected chi connectivity index (χ0v) is 12.6. The Balaban J connectivity index is 2.73. The topological polar surface area (TPSA) is 92.7 Å². The number of carboxylic acids is 1. The van der Waals surface area contributed by atoms with E-state index < -0.39 is 12.0 Å². The number of carboxylic acid groups (broad SMARTS) is 1. The highest BCUT2D eigenvalue weighted by Gasteiger charge is 2.16. The number of ether oxygens (including phenoxy) is 1. The third-order valence-electron chi connectivity index (χ3n) is 2.80. The van der Waals surface area contributed by atoms with Gasteiger partial charge in [0.1, 0.15) is 11.8 Å². The van der Waals surface area contributed by atoms with Gasteiger partial charge in [0.05, 0.1) is 7.11 Å². The van der Waals surface area contributed by atoms with E-state index in [9.17, 15) is 14.4 Å². The molecule has 0 aromatic heterocycles. The van der Waals surface area contributed by atoms with Crippen molar-refractivity contribution >= 4 is 29.9 Å². The molecule has 0 fully saturated rings. The molecule has 0 bridgehead atoms. The highest BCUT2D eigenvalue weighted by atomic mass is 32.2. The standard InChI is InChI=1S/C14H17NO5S/c1-9(17)10-3-4-13(20-2)11(5-10)6-21-7-12(14(18)19)15-8-16/h3-5,8,12H,6-7H2,1-2H3,(H,15,16)(H,18,19). The maximum absolute atomic E-state index is 11.4. The van der Waals surface area contributed by atoms with E-state index >= 15 is 0 Å². The van der Waals surface area contributed by atoms with E-state index in [-0.39, 0.29) is 11.5 Å². The van der Waals surface area contributed by atoms with E-state index in [1.807, 2.05) is 0 Å². The van der Waals surface area contributed by atoms with Gasteiger partial charge < -0.3 is 15.2 Å². The zero-order chi connectivity index (χ0) is 15.8. The second-order valence-electron chi connectivity index (χ2n) is 4.27. The van der Waals surface area contributed by atoms with Crippen molar-refractivity contribution in [1.29, 1.82) is 0 Å². The Labute approximate surface area is 126 Å². The first-order chi connectivity index (χ1) is 9.99. The Morgan fingerprint density at radius 3 is 2.71 bits per heavy atom. The van der Waals surface area contributed by atoms with Gasteiger partial charge in [0.2, 0.25) is 6.41 Å². The van der Waals surface area contributed by atoms with Gasteiger partial charge in [-0.2, -0.15) is 11.8 Å². The fourth-order valence-corrected chi connectivity index (χ4v) is 2.71. The normalized spacial score (nSPS) is 11.5. The molecule has 1 unspecified atom stereocenters. The number of methoxy groups -OCH3 is 1. The van der Waals surface area contributed by atoms with Gasteiger partial charge in [-0.1, -0.05) is 0 Å². The Bertz CT molecular complexity index is 532. The van der Waals surface area contributed by atoms with Crippen LogP contribution in [0.4, 0.5) is 0 Å². The van der Waals surface area contributed by atoms with E-state index in [1.54, 1.807) is 18.2 Å². The first-order valence-corrected chi connectivity index (χ1v) is 7.33. The van der Waals surface area contributed by atoms with Gasteiger partial charge in [0, 0.05) is 22.6 Å². The number of benzene rings is 1. The first-order valence-electron chi connectivity index (χ1n) is 6.17. The number of Topliss-reactive ketones (excluding diaryl/α,β-unsaturated/α-hetero) is 1. The summed E-state index contributed by atoms with van der Waals surface area (Å²) < 4.78 is 5.22. The predicted molar refractivity (Wildman–Crippen MR) is 79.8 cm³/mol. The molecule has 21 heavy (non-hydrogen) atoms. The van der Waals surface area contributed by atoms with Crippen LogP contribution in [0.2, 0.25) is 0 Å². The minimum Gasteiger partial charge on any atom is -0.496 e. The van der Waals surface area contributed by atoms with Crippen molar-refractivity contribution < 1.29 is 24.2 Å². The maximum Gasteiger partial charge on any atom is 0.327 e. The number of hydrogen-bond donors (Lipinski definition) is 2. The molecule has 1 atom stereocenters. The fourth-order valence-electron chi connectivity index (χ4n) is 1.67. The van der Waals surface area contributed by atoms with Crippen LogP contribution in [0, 0.1) is 0 Å². The largest absolute Gasteiger partial charge is 0.496 e. The lowest BCUT2D eigenvalue weighted by Crippen LogP contribution is -2.37. The second-order valence-corrected chi connectivity index (χ2v) is 5.30. The van der Waals surface area contributed by atoms with Crippen LogP contribution in [0.15, 0.2) is 18.2 Å². The molecule has 1 amide bonds. The Morgan fingerprint density at radius 1 is 1.48 bits per heavy atom. The summed E-state index contributed by atoms with van der Waals surface area (Å²) in [4.78, 5) is 32.6. The molecule has 114 valence electrons. The van der Waals surface area contributed by atoms with Crippen LogP contribution in [0.25, 0.3) is 0 Å². The third kappa shape index (κ3) is 5.11.